The van der Waals surface area contributed by atoms with Crippen LogP contribution in [0.1, 0.15) is 16.7 Å². The van der Waals surface area contributed by atoms with Gasteiger partial charge in [0.25, 0.3) is 0 Å². The van der Waals surface area contributed by atoms with Crippen molar-refractivity contribution in [2.24, 2.45) is 0 Å². The molecular formula is C19H19NO2. The fourth-order valence-corrected chi connectivity index (χ4v) is 1.85. The lowest BCUT2D eigenvalue weighted by molar-refractivity contribution is 0.141. The van der Waals surface area contributed by atoms with Gasteiger partial charge in [-0.05, 0) is 16.7 Å². The van der Waals surface area contributed by atoms with E-state index in [1.807, 2.05) is 66.7 Å². The summed E-state index contributed by atoms with van der Waals surface area (Å²) in [5.74, 6) is 0. The second kappa shape index (κ2) is 8.47. The first kappa shape index (κ1) is 15.6. The summed E-state index contributed by atoms with van der Waals surface area (Å²) < 4.78 is 5.12. The maximum Gasteiger partial charge on any atom is 0.407 e. The number of amides is 1. The Balaban J connectivity index is 1.69. The van der Waals surface area contributed by atoms with E-state index in [1.54, 1.807) is 6.08 Å². The minimum Gasteiger partial charge on any atom is -0.445 e. The molecule has 0 spiro atoms. The Labute approximate surface area is 130 Å². The molecule has 3 nitrogen and oxygen atoms in total. The van der Waals surface area contributed by atoms with Gasteiger partial charge in [0.15, 0.2) is 0 Å². The normalized spacial score (nSPS) is 10.4. The Hall–Kier alpha value is -2.81. The van der Waals surface area contributed by atoms with Gasteiger partial charge in [-0.15, -0.1) is 0 Å². The standard InChI is InChI=1S/C19H19NO2/c1-2-16-10-12-17(13-11-16)9-6-14-20-19(21)22-15-18-7-4-3-5-8-18/h2-13H,1,14-15H2,(H,20,21). The summed E-state index contributed by atoms with van der Waals surface area (Å²) in [5, 5.41) is 2.68. The topological polar surface area (TPSA) is 38.3 Å². The highest BCUT2D eigenvalue weighted by atomic mass is 16.5. The van der Waals surface area contributed by atoms with Gasteiger partial charge >= 0.3 is 6.09 Å². The molecule has 0 aliphatic rings. The zero-order valence-electron chi connectivity index (χ0n) is 12.4. The predicted octanol–water partition coefficient (Wildman–Crippen LogP) is 4.27. The number of nitrogens with one attached hydrogen (secondary N) is 1. The SMILES string of the molecule is C=Cc1ccc(C=CCNC(=O)OCc2ccccc2)cc1. The molecule has 0 aliphatic carbocycles. The Kier molecular flexibility index (Phi) is 6.00. The number of alkyl carbamates (subject to hydrolysis) is 1. The highest BCUT2D eigenvalue weighted by molar-refractivity contribution is 5.67. The minimum atomic E-state index is -0.421. The third-order valence-corrected chi connectivity index (χ3v) is 3.06. The van der Waals surface area contributed by atoms with E-state index in [2.05, 4.69) is 11.9 Å². The molecule has 112 valence electrons. The van der Waals surface area contributed by atoms with Crippen molar-refractivity contribution >= 4 is 18.2 Å². The van der Waals surface area contributed by atoms with Crippen molar-refractivity contribution in [3.05, 3.63) is 83.9 Å². The van der Waals surface area contributed by atoms with Gasteiger partial charge in [0.1, 0.15) is 6.61 Å². The van der Waals surface area contributed by atoms with Gasteiger partial charge in [-0.25, -0.2) is 4.79 Å². The lowest BCUT2D eigenvalue weighted by Gasteiger charge is -2.05. The van der Waals surface area contributed by atoms with Crippen LogP contribution in [0.15, 0.2) is 67.3 Å². The van der Waals surface area contributed by atoms with Crippen LogP contribution in [-0.2, 0) is 11.3 Å². The number of carbonyl (C=O) groups is 1. The van der Waals surface area contributed by atoms with E-state index >= 15 is 0 Å². The van der Waals surface area contributed by atoms with Gasteiger partial charge in [0.05, 0.1) is 0 Å². The fraction of sp³-hybridized carbons (Fsp3) is 0.105. The highest BCUT2D eigenvalue weighted by Crippen LogP contribution is 2.06. The van der Waals surface area contributed by atoms with Gasteiger partial charge < -0.3 is 10.1 Å². The number of hydrogen-bond donors (Lipinski definition) is 1. The average Bonchev–Trinajstić information content (AvgIpc) is 2.58. The Morgan fingerprint density at radius 1 is 1.05 bits per heavy atom. The van der Waals surface area contributed by atoms with Crippen LogP contribution < -0.4 is 5.32 Å². The molecule has 2 aromatic rings. The van der Waals surface area contributed by atoms with E-state index < -0.39 is 6.09 Å². The molecule has 22 heavy (non-hydrogen) atoms. The summed E-state index contributed by atoms with van der Waals surface area (Å²) in [6.07, 6.45) is 5.21. The van der Waals surface area contributed by atoms with Crippen LogP contribution in [0.4, 0.5) is 4.79 Å². The molecule has 0 saturated carbocycles. The molecule has 0 radical (unpaired) electrons. The molecule has 0 aromatic heterocycles. The van der Waals surface area contributed by atoms with E-state index in [4.69, 9.17) is 4.74 Å². The van der Waals surface area contributed by atoms with Gasteiger partial charge in [0.2, 0.25) is 0 Å². The molecule has 2 rings (SSSR count). The first-order valence-electron chi connectivity index (χ1n) is 7.11. The molecule has 1 amide bonds. The smallest absolute Gasteiger partial charge is 0.407 e. The van der Waals surface area contributed by atoms with Crippen LogP contribution in [0.3, 0.4) is 0 Å². The largest absolute Gasteiger partial charge is 0.445 e. The van der Waals surface area contributed by atoms with Gasteiger partial charge in [0, 0.05) is 6.54 Å². The molecule has 0 heterocycles. The van der Waals surface area contributed by atoms with Crippen LogP contribution in [0.2, 0.25) is 0 Å². The highest BCUT2D eigenvalue weighted by Gasteiger charge is 1.99. The van der Waals surface area contributed by atoms with Crippen molar-refractivity contribution in [3.63, 3.8) is 0 Å². The van der Waals surface area contributed by atoms with Crippen molar-refractivity contribution in [2.75, 3.05) is 6.54 Å². The molecule has 1 N–H and O–H groups in total. The van der Waals surface area contributed by atoms with Crippen molar-refractivity contribution in [3.8, 4) is 0 Å². The molecule has 0 fully saturated rings. The van der Waals surface area contributed by atoms with Crippen LogP contribution in [0.25, 0.3) is 12.2 Å². The fourth-order valence-electron chi connectivity index (χ4n) is 1.85. The van der Waals surface area contributed by atoms with Crippen molar-refractivity contribution in [2.45, 2.75) is 6.61 Å². The molecule has 0 saturated heterocycles. The summed E-state index contributed by atoms with van der Waals surface area (Å²) in [7, 11) is 0. The predicted molar refractivity (Wildman–Crippen MR) is 90.2 cm³/mol. The van der Waals surface area contributed by atoms with Crippen LogP contribution >= 0.6 is 0 Å². The summed E-state index contributed by atoms with van der Waals surface area (Å²) in [6.45, 7) is 4.42. The maximum absolute atomic E-state index is 11.5. The van der Waals surface area contributed by atoms with E-state index in [1.165, 1.54) is 0 Å². The molecule has 3 heteroatoms. The van der Waals surface area contributed by atoms with Crippen molar-refractivity contribution < 1.29 is 9.53 Å². The molecule has 2 aromatic carbocycles. The zero-order chi connectivity index (χ0) is 15.6. The molecule has 0 aliphatic heterocycles. The maximum atomic E-state index is 11.5. The van der Waals surface area contributed by atoms with Gasteiger partial charge in [-0.1, -0.05) is 79.4 Å². The van der Waals surface area contributed by atoms with E-state index in [0.717, 1.165) is 16.7 Å². The first-order chi connectivity index (χ1) is 10.8. The van der Waals surface area contributed by atoms with Gasteiger partial charge in [-0.2, -0.15) is 0 Å². The molecule has 0 bridgehead atoms. The monoisotopic (exact) mass is 293 g/mol. The molecule has 0 unspecified atom stereocenters. The zero-order valence-corrected chi connectivity index (χ0v) is 12.4. The van der Waals surface area contributed by atoms with E-state index in [9.17, 15) is 4.79 Å². The number of rotatable bonds is 6. The summed E-state index contributed by atoms with van der Waals surface area (Å²) >= 11 is 0. The second-order valence-corrected chi connectivity index (χ2v) is 4.72. The average molecular weight is 293 g/mol. The Morgan fingerprint density at radius 3 is 2.41 bits per heavy atom. The number of hydrogen-bond acceptors (Lipinski definition) is 2. The first-order valence-corrected chi connectivity index (χ1v) is 7.11. The lowest BCUT2D eigenvalue weighted by atomic mass is 10.1. The summed E-state index contributed by atoms with van der Waals surface area (Å²) in [4.78, 5) is 11.5. The number of carbonyl (C=O) groups excluding carboxylic acids is 1. The number of ether oxygens (including phenoxy) is 1. The molecular weight excluding hydrogens is 274 g/mol. The second-order valence-electron chi connectivity index (χ2n) is 4.72. The number of benzene rings is 2. The molecule has 0 atom stereocenters. The van der Waals surface area contributed by atoms with Crippen LogP contribution in [0.5, 0.6) is 0 Å². The third-order valence-electron chi connectivity index (χ3n) is 3.06. The van der Waals surface area contributed by atoms with Crippen LogP contribution in [-0.4, -0.2) is 12.6 Å². The van der Waals surface area contributed by atoms with Gasteiger partial charge in [-0.3, -0.25) is 0 Å². The van der Waals surface area contributed by atoms with Crippen molar-refractivity contribution in [1.82, 2.24) is 5.32 Å². The lowest BCUT2D eigenvalue weighted by Crippen LogP contribution is -2.24. The summed E-state index contributed by atoms with van der Waals surface area (Å²) in [6, 6.07) is 17.6. The quantitative estimate of drug-likeness (QED) is 0.863. The van der Waals surface area contributed by atoms with E-state index in [-0.39, 0.29) is 6.61 Å². The summed E-state index contributed by atoms with van der Waals surface area (Å²) in [5.41, 5.74) is 3.13. The third kappa shape index (κ3) is 5.29. The van der Waals surface area contributed by atoms with Crippen LogP contribution in [0, 0.1) is 0 Å². The van der Waals surface area contributed by atoms with Crippen molar-refractivity contribution in [1.29, 1.82) is 0 Å². The Bertz CT molecular complexity index is 630. The minimum absolute atomic E-state index is 0.277. The van der Waals surface area contributed by atoms with E-state index in [0.29, 0.717) is 6.54 Å². The Morgan fingerprint density at radius 2 is 1.73 bits per heavy atom.